The van der Waals surface area contributed by atoms with Crippen LogP contribution in [0.5, 0.6) is 5.75 Å². The fourth-order valence-corrected chi connectivity index (χ4v) is 3.66. The summed E-state index contributed by atoms with van der Waals surface area (Å²) < 4.78 is 6.03. The van der Waals surface area contributed by atoms with Crippen LogP contribution in [0.15, 0.2) is 36.4 Å². The Morgan fingerprint density at radius 1 is 1.07 bits per heavy atom. The van der Waals surface area contributed by atoms with E-state index in [9.17, 15) is 4.79 Å². The Morgan fingerprint density at radius 2 is 1.78 bits per heavy atom. The number of halogens is 1. The van der Waals surface area contributed by atoms with Crippen LogP contribution in [-0.4, -0.2) is 43.1 Å². The molecule has 1 fully saturated rings. The van der Waals surface area contributed by atoms with Gasteiger partial charge < -0.3 is 14.5 Å². The minimum Gasteiger partial charge on any atom is -0.481 e. The second kappa shape index (κ2) is 8.22. The molecule has 1 aliphatic rings. The van der Waals surface area contributed by atoms with Crippen LogP contribution in [0.25, 0.3) is 0 Å². The number of hydrogen-bond acceptors (Lipinski definition) is 3. The number of piperazine rings is 1. The van der Waals surface area contributed by atoms with Crippen molar-refractivity contribution in [3.05, 3.63) is 58.1 Å². The third kappa shape index (κ3) is 4.56. The molecular weight excluding hydrogens is 360 g/mol. The molecule has 5 heteroatoms. The maximum atomic E-state index is 12.8. The van der Waals surface area contributed by atoms with Crippen molar-refractivity contribution >= 4 is 23.2 Å². The van der Waals surface area contributed by atoms with Gasteiger partial charge in [0.05, 0.1) is 0 Å². The van der Waals surface area contributed by atoms with E-state index in [1.54, 1.807) is 0 Å². The van der Waals surface area contributed by atoms with Gasteiger partial charge in [-0.15, -0.1) is 0 Å². The zero-order valence-corrected chi connectivity index (χ0v) is 17.2. The number of aryl methyl sites for hydroxylation is 2. The molecule has 27 heavy (non-hydrogen) atoms. The first-order chi connectivity index (χ1) is 12.8. The number of amides is 1. The van der Waals surface area contributed by atoms with Crippen LogP contribution >= 0.6 is 11.6 Å². The Labute approximate surface area is 166 Å². The first-order valence-electron chi connectivity index (χ1n) is 9.39. The van der Waals surface area contributed by atoms with Crippen molar-refractivity contribution in [1.82, 2.24) is 4.90 Å². The van der Waals surface area contributed by atoms with Gasteiger partial charge in [-0.1, -0.05) is 23.7 Å². The highest BCUT2D eigenvalue weighted by molar-refractivity contribution is 6.30. The Balaban J connectivity index is 1.60. The van der Waals surface area contributed by atoms with Gasteiger partial charge in [0.15, 0.2) is 6.10 Å². The lowest BCUT2D eigenvalue weighted by Crippen LogP contribution is -2.52. The average Bonchev–Trinajstić information content (AvgIpc) is 2.65. The lowest BCUT2D eigenvalue weighted by molar-refractivity contribution is -0.138. The predicted molar refractivity (Wildman–Crippen MR) is 111 cm³/mol. The molecule has 0 bridgehead atoms. The van der Waals surface area contributed by atoms with Gasteiger partial charge in [-0.2, -0.15) is 0 Å². The second-order valence-corrected chi connectivity index (χ2v) is 7.69. The Kier molecular flexibility index (Phi) is 5.95. The lowest BCUT2D eigenvalue weighted by Gasteiger charge is -2.37. The van der Waals surface area contributed by atoms with Crippen molar-refractivity contribution in [1.29, 1.82) is 0 Å². The van der Waals surface area contributed by atoms with Crippen molar-refractivity contribution in [3.63, 3.8) is 0 Å². The Hall–Kier alpha value is -2.20. The van der Waals surface area contributed by atoms with E-state index >= 15 is 0 Å². The zero-order valence-electron chi connectivity index (χ0n) is 16.5. The molecule has 0 N–H and O–H groups in total. The van der Waals surface area contributed by atoms with E-state index in [2.05, 4.69) is 24.0 Å². The molecule has 1 atom stereocenters. The smallest absolute Gasteiger partial charge is 0.263 e. The predicted octanol–water partition coefficient (Wildman–Crippen LogP) is 4.38. The molecule has 1 heterocycles. The molecule has 0 radical (unpaired) electrons. The minimum absolute atomic E-state index is 0.0410. The van der Waals surface area contributed by atoms with Crippen LogP contribution in [-0.2, 0) is 4.79 Å². The van der Waals surface area contributed by atoms with Gasteiger partial charge in [-0.05, 0) is 68.7 Å². The van der Waals surface area contributed by atoms with Gasteiger partial charge in [0, 0.05) is 36.9 Å². The van der Waals surface area contributed by atoms with E-state index in [4.69, 9.17) is 16.3 Å². The van der Waals surface area contributed by atoms with Crippen LogP contribution in [0.4, 0.5) is 5.69 Å². The number of carbonyl (C=O) groups is 1. The van der Waals surface area contributed by atoms with Crippen LogP contribution in [0.2, 0.25) is 5.02 Å². The highest BCUT2D eigenvalue weighted by Crippen LogP contribution is 2.25. The lowest BCUT2D eigenvalue weighted by atomic mass is 10.1. The Bertz CT molecular complexity index is 829. The third-order valence-corrected chi connectivity index (χ3v) is 5.42. The average molecular weight is 387 g/mol. The number of anilines is 1. The summed E-state index contributed by atoms with van der Waals surface area (Å²) in [6, 6.07) is 12.0. The van der Waals surface area contributed by atoms with Crippen LogP contribution in [0.3, 0.4) is 0 Å². The number of carbonyl (C=O) groups excluding carboxylic acids is 1. The van der Waals surface area contributed by atoms with Crippen LogP contribution in [0, 0.1) is 20.8 Å². The molecule has 4 nitrogen and oxygen atoms in total. The summed E-state index contributed by atoms with van der Waals surface area (Å²) in [5.41, 5.74) is 4.51. The van der Waals surface area contributed by atoms with Gasteiger partial charge in [0.2, 0.25) is 0 Å². The van der Waals surface area contributed by atoms with Crippen molar-refractivity contribution in [2.45, 2.75) is 33.8 Å². The molecule has 2 aromatic rings. The van der Waals surface area contributed by atoms with Gasteiger partial charge in [-0.25, -0.2) is 0 Å². The number of hydrogen-bond donors (Lipinski definition) is 0. The van der Waals surface area contributed by atoms with Gasteiger partial charge >= 0.3 is 0 Å². The summed E-state index contributed by atoms with van der Waals surface area (Å²) in [7, 11) is 0. The highest BCUT2D eigenvalue weighted by atomic mass is 35.5. The first kappa shape index (κ1) is 19.6. The number of ether oxygens (including phenoxy) is 1. The third-order valence-electron chi connectivity index (χ3n) is 5.18. The normalized spacial score (nSPS) is 15.6. The molecular formula is C22H27ClN2O2. The minimum atomic E-state index is -0.498. The summed E-state index contributed by atoms with van der Waals surface area (Å²) in [5, 5.41) is 0.733. The Morgan fingerprint density at radius 3 is 2.44 bits per heavy atom. The van der Waals surface area contributed by atoms with Crippen molar-refractivity contribution in [3.8, 4) is 5.75 Å². The SMILES string of the molecule is Cc1cc(C)c(C)c(O[C@H](C)C(=O)N2CCN(c3cccc(Cl)c3)CC2)c1. The van der Waals surface area contributed by atoms with E-state index in [0.717, 1.165) is 40.7 Å². The molecule has 0 saturated carbocycles. The molecule has 144 valence electrons. The van der Waals surface area contributed by atoms with E-state index in [-0.39, 0.29) is 5.91 Å². The van der Waals surface area contributed by atoms with Crippen molar-refractivity contribution in [2.75, 3.05) is 31.1 Å². The largest absolute Gasteiger partial charge is 0.481 e. The van der Waals surface area contributed by atoms with Crippen LogP contribution in [0.1, 0.15) is 23.6 Å². The quantitative estimate of drug-likeness (QED) is 0.781. The standard InChI is InChI=1S/C22H27ClN2O2/c1-15-12-16(2)17(3)21(13-15)27-18(4)22(26)25-10-8-24(9-11-25)20-7-5-6-19(23)14-20/h5-7,12-14,18H,8-11H2,1-4H3/t18-/m1/s1. The number of nitrogens with zero attached hydrogens (tertiary/aromatic N) is 2. The summed E-state index contributed by atoms with van der Waals surface area (Å²) >= 11 is 6.09. The molecule has 0 spiro atoms. The number of rotatable bonds is 4. The fourth-order valence-electron chi connectivity index (χ4n) is 3.48. The molecule has 0 unspecified atom stereocenters. The maximum Gasteiger partial charge on any atom is 0.263 e. The topological polar surface area (TPSA) is 32.8 Å². The second-order valence-electron chi connectivity index (χ2n) is 7.26. The molecule has 1 saturated heterocycles. The van der Waals surface area contributed by atoms with Crippen LogP contribution < -0.4 is 9.64 Å². The van der Waals surface area contributed by atoms with Gasteiger partial charge in [0.1, 0.15) is 5.75 Å². The maximum absolute atomic E-state index is 12.8. The zero-order chi connectivity index (χ0) is 19.6. The first-order valence-corrected chi connectivity index (χ1v) is 9.77. The van der Waals surface area contributed by atoms with E-state index in [1.807, 2.05) is 49.9 Å². The fraction of sp³-hybridized carbons (Fsp3) is 0.409. The summed E-state index contributed by atoms with van der Waals surface area (Å²) in [6.45, 7) is 10.9. The summed E-state index contributed by atoms with van der Waals surface area (Å²) in [4.78, 5) is 17.0. The van der Waals surface area contributed by atoms with Gasteiger partial charge in [-0.3, -0.25) is 4.79 Å². The molecule has 3 rings (SSSR count). The monoisotopic (exact) mass is 386 g/mol. The summed E-state index contributed by atoms with van der Waals surface area (Å²) in [6.07, 6.45) is -0.498. The van der Waals surface area contributed by atoms with E-state index < -0.39 is 6.10 Å². The molecule has 2 aromatic carbocycles. The molecule has 1 aliphatic heterocycles. The van der Waals surface area contributed by atoms with Crippen molar-refractivity contribution < 1.29 is 9.53 Å². The highest BCUT2D eigenvalue weighted by Gasteiger charge is 2.26. The summed E-state index contributed by atoms with van der Waals surface area (Å²) in [5.74, 6) is 0.838. The van der Waals surface area contributed by atoms with Gasteiger partial charge in [0.25, 0.3) is 5.91 Å². The van der Waals surface area contributed by atoms with Crippen molar-refractivity contribution in [2.24, 2.45) is 0 Å². The van der Waals surface area contributed by atoms with E-state index in [0.29, 0.717) is 13.1 Å². The molecule has 0 aromatic heterocycles. The number of benzene rings is 2. The molecule has 0 aliphatic carbocycles. The molecule has 1 amide bonds. The van der Waals surface area contributed by atoms with E-state index in [1.165, 1.54) is 5.56 Å².